The van der Waals surface area contributed by atoms with E-state index in [0.717, 1.165) is 33.6 Å². The van der Waals surface area contributed by atoms with Crippen LogP contribution < -0.4 is 15.2 Å². The molecule has 0 spiro atoms. The third kappa shape index (κ3) is 4.19. The van der Waals surface area contributed by atoms with Gasteiger partial charge < -0.3 is 19.5 Å². The first-order valence-electron chi connectivity index (χ1n) is 11.5. The summed E-state index contributed by atoms with van der Waals surface area (Å²) in [5.41, 5.74) is 3.60. The van der Waals surface area contributed by atoms with Crippen LogP contribution in [-0.2, 0) is 11.2 Å². The minimum absolute atomic E-state index is 0.0401. The number of carbonyl (C=O) groups is 1. The first-order chi connectivity index (χ1) is 16.5. The van der Waals surface area contributed by atoms with Gasteiger partial charge in [-0.2, -0.15) is 0 Å². The molecule has 1 saturated heterocycles. The predicted octanol–water partition coefficient (Wildman–Crippen LogP) is 3.07. The third-order valence-corrected chi connectivity index (χ3v) is 6.42. The number of H-pyrrole nitrogens is 1. The van der Waals surface area contributed by atoms with Crippen molar-refractivity contribution in [1.29, 1.82) is 0 Å². The highest BCUT2D eigenvalue weighted by atomic mass is 16.5. The predicted molar refractivity (Wildman–Crippen MR) is 133 cm³/mol. The number of nitrogens with one attached hydrogen (secondary N) is 1. The molecule has 0 unspecified atom stereocenters. The number of methoxy groups -OCH3 is 1. The molecular weight excluding hydrogens is 430 g/mol. The van der Waals surface area contributed by atoms with Crippen molar-refractivity contribution < 1.29 is 9.53 Å². The van der Waals surface area contributed by atoms with Crippen LogP contribution in [-0.4, -0.2) is 59.0 Å². The minimum Gasteiger partial charge on any atom is -0.494 e. The summed E-state index contributed by atoms with van der Waals surface area (Å²) in [4.78, 5) is 41.4. The number of amides is 1. The first kappa shape index (κ1) is 21.9. The first-order valence-corrected chi connectivity index (χ1v) is 11.5. The van der Waals surface area contributed by atoms with Crippen molar-refractivity contribution in [3.8, 4) is 5.75 Å². The fourth-order valence-corrected chi connectivity index (χ4v) is 4.51. The maximum absolute atomic E-state index is 12.8. The zero-order valence-electron chi connectivity index (χ0n) is 19.4. The summed E-state index contributed by atoms with van der Waals surface area (Å²) in [6, 6.07) is 15.4. The molecule has 5 rings (SSSR count). The largest absolute Gasteiger partial charge is 0.494 e. The van der Waals surface area contributed by atoms with E-state index in [1.165, 1.54) is 0 Å². The van der Waals surface area contributed by atoms with Gasteiger partial charge in [0, 0.05) is 44.4 Å². The molecule has 0 bridgehead atoms. The maximum Gasteiger partial charge on any atom is 0.270 e. The quantitative estimate of drug-likeness (QED) is 0.495. The number of para-hydroxylation sites is 3. The number of nitrogens with zero attached hydrogens (tertiary/aromatic N) is 4. The standard InChI is InChI=1S/C26H27N5O3/c1-17-16-23(29-25-18(17)6-5-9-22(25)34-2)30-12-14-31(15-13-30)24(32)11-10-21-26(33)28-20-8-4-3-7-19(20)27-21/h3-9,16H,10-15H2,1-2H3,(H,28,33). The minimum atomic E-state index is -0.232. The van der Waals surface area contributed by atoms with Crippen molar-refractivity contribution >= 4 is 33.7 Å². The van der Waals surface area contributed by atoms with Crippen molar-refractivity contribution in [3.05, 3.63) is 70.1 Å². The summed E-state index contributed by atoms with van der Waals surface area (Å²) in [7, 11) is 1.66. The molecule has 0 atom stereocenters. The molecule has 1 amide bonds. The molecule has 1 fully saturated rings. The molecule has 0 radical (unpaired) electrons. The van der Waals surface area contributed by atoms with Crippen LogP contribution in [0.4, 0.5) is 5.82 Å². The van der Waals surface area contributed by atoms with Gasteiger partial charge in [0.2, 0.25) is 5.91 Å². The van der Waals surface area contributed by atoms with Gasteiger partial charge in [0.05, 0.1) is 18.1 Å². The molecule has 8 heteroatoms. The number of benzene rings is 2. The zero-order chi connectivity index (χ0) is 23.7. The lowest BCUT2D eigenvalue weighted by Gasteiger charge is -2.35. The van der Waals surface area contributed by atoms with Crippen LogP contribution in [0.1, 0.15) is 17.7 Å². The number of fused-ring (bicyclic) bond motifs is 2. The Kier molecular flexibility index (Phi) is 5.88. The fourth-order valence-electron chi connectivity index (χ4n) is 4.51. The molecule has 3 heterocycles. The Bertz CT molecular complexity index is 1420. The Balaban J connectivity index is 1.24. The van der Waals surface area contributed by atoms with Crippen LogP contribution in [0.2, 0.25) is 0 Å². The van der Waals surface area contributed by atoms with E-state index in [1.54, 1.807) is 7.11 Å². The number of hydrogen-bond donors (Lipinski definition) is 1. The highest BCUT2D eigenvalue weighted by Gasteiger charge is 2.23. The molecule has 1 N–H and O–H groups in total. The van der Waals surface area contributed by atoms with Crippen LogP contribution in [0, 0.1) is 6.92 Å². The maximum atomic E-state index is 12.8. The number of aromatic nitrogens is 3. The summed E-state index contributed by atoms with van der Waals surface area (Å²) in [5, 5.41) is 1.08. The lowest BCUT2D eigenvalue weighted by Crippen LogP contribution is -2.49. The van der Waals surface area contributed by atoms with Crippen LogP contribution in [0.25, 0.3) is 21.9 Å². The van der Waals surface area contributed by atoms with E-state index in [0.29, 0.717) is 43.8 Å². The number of aryl methyl sites for hydroxylation is 2. The van der Waals surface area contributed by atoms with E-state index in [-0.39, 0.29) is 17.9 Å². The Morgan fingerprint density at radius 2 is 1.85 bits per heavy atom. The number of rotatable bonds is 5. The van der Waals surface area contributed by atoms with Gasteiger partial charge in [-0.15, -0.1) is 0 Å². The van der Waals surface area contributed by atoms with Crippen LogP contribution >= 0.6 is 0 Å². The second kappa shape index (κ2) is 9.13. The number of ether oxygens (including phenoxy) is 1. The molecule has 0 aliphatic carbocycles. The Labute approximate surface area is 197 Å². The second-order valence-electron chi connectivity index (χ2n) is 8.55. The normalized spacial score (nSPS) is 14.1. The summed E-state index contributed by atoms with van der Waals surface area (Å²) >= 11 is 0. The number of pyridine rings is 1. The second-order valence-corrected chi connectivity index (χ2v) is 8.55. The van der Waals surface area contributed by atoms with Crippen molar-refractivity contribution in [2.24, 2.45) is 0 Å². The average molecular weight is 458 g/mol. The van der Waals surface area contributed by atoms with E-state index in [4.69, 9.17) is 9.72 Å². The smallest absolute Gasteiger partial charge is 0.270 e. The average Bonchev–Trinajstić information content (AvgIpc) is 2.87. The molecule has 8 nitrogen and oxygen atoms in total. The molecule has 4 aromatic rings. The molecule has 34 heavy (non-hydrogen) atoms. The number of aromatic amines is 1. The Morgan fingerprint density at radius 1 is 1.06 bits per heavy atom. The number of anilines is 1. The monoisotopic (exact) mass is 457 g/mol. The van der Waals surface area contributed by atoms with E-state index in [1.807, 2.05) is 41.3 Å². The van der Waals surface area contributed by atoms with Crippen LogP contribution in [0.5, 0.6) is 5.75 Å². The van der Waals surface area contributed by atoms with Crippen LogP contribution in [0.15, 0.2) is 53.3 Å². The van der Waals surface area contributed by atoms with E-state index in [2.05, 4.69) is 33.9 Å². The van der Waals surface area contributed by atoms with Gasteiger partial charge in [0.1, 0.15) is 22.8 Å². The molecule has 1 aliphatic rings. The molecule has 1 aliphatic heterocycles. The van der Waals surface area contributed by atoms with Gasteiger partial charge in [-0.25, -0.2) is 9.97 Å². The van der Waals surface area contributed by atoms with Gasteiger partial charge >= 0.3 is 0 Å². The lowest BCUT2D eigenvalue weighted by molar-refractivity contribution is -0.131. The van der Waals surface area contributed by atoms with Gasteiger partial charge in [-0.3, -0.25) is 9.59 Å². The summed E-state index contributed by atoms with van der Waals surface area (Å²) in [6.07, 6.45) is 0.587. The van der Waals surface area contributed by atoms with E-state index < -0.39 is 0 Å². The van der Waals surface area contributed by atoms with Crippen molar-refractivity contribution in [2.75, 3.05) is 38.2 Å². The summed E-state index contributed by atoms with van der Waals surface area (Å²) in [5.74, 6) is 1.69. The van der Waals surface area contributed by atoms with Crippen molar-refractivity contribution in [2.45, 2.75) is 19.8 Å². The Hall–Kier alpha value is -3.94. The summed E-state index contributed by atoms with van der Waals surface area (Å²) < 4.78 is 5.51. The van der Waals surface area contributed by atoms with Gasteiger partial charge in [-0.1, -0.05) is 24.3 Å². The van der Waals surface area contributed by atoms with Gasteiger partial charge in [-0.05, 0) is 36.8 Å². The molecule has 2 aromatic carbocycles. The third-order valence-electron chi connectivity index (χ3n) is 6.42. The molecular formula is C26H27N5O3. The van der Waals surface area contributed by atoms with Gasteiger partial charge in [0.25, 0.3) is 5.56 Å². The zero-order valence-corrected chi connectivity index (χ0v) is 19.4. The fraction of sp³-hybridized carbons (Fsp3) is 0.308. The Morgan fingerprint density at radius 3 is 2.65 bits per heavy atom. The highest BCUT2D eigenvalue weighted by Crippen LogP contribution is 2.29. The van der Waals surface area contributed by atoms with E-state index in [9.17, 15) is 9.59 Å². The molecule has 174 valence electrons. The highest BCUT2D eigenvalue weighted by molar-refractivity contribution is 5.89. The lowest BCUT2D eigenvalue weighted by atomic mass is 10.1. The van der Waals surface area contributed by atoms with Crippen molar-refractivity contribution in [1.82, 2.24) is 19.9 Å². The van der Waals surface area contributed by atoms with Crippen LogP contribution in [0.3, 0.4) is 0 Å². The number of piperazine rings is 1. The number of hydrogen-bond acceptors (Lipinski definition) is 6. The topological polar surface area (TPSA) is 91.4 Å². The number of carbonyl (C=O) groups excluding carboxylic acids is 1. The van der Waals surface area contributed by atoms with Crippen molar-refractivity contribution in [3.63, 3.8) is 0 Å². The molecule has 0 saturated carbocycles. The SMILES string of the molecule is COc1cccc2c(C)cc(N3CCN(C(=O)CCc4nc5ccccc5[nH]c4=O)CC3)nc12. The van der Waals surface area contributed by atoms with Gasteiger partial charge in [0.15, 0.2) is 0 Å². The van der Waals surface area contributed by atoms with E-state index >= 15 is 0 Å². The summed E-state index contributed by atoms with van der Waals surface area (Å²) in [6.45, 7) is 4.71. The molecule has 2 aromatic heterocycles.